The van der Waals surface area contributed by atoms with E-state index in [9.17, 15) is 8.42 Å². The van der Waals surface area contributed by atoms with Crippen LogP contribution in [0.3, 0.4) is 0 Å². The largest absolute Gasteiger partial charge is 0.280 e. The first kappa shape index (κ1) is 9.35. The summed E-state index contributed by atoms with van der Waals surface area (Å²) in [6, 6.07) is 0. The van der Waals surface area contributed by atoms with Crippen LogP contribution in [0.4, 0.5) is 0 Å². The molecule has 0 amide bonds. The molecule has 1 saturated carbocycles. The molecule has 0 saturated heterocycles. The van der Waals surface area contributed by atoms with Gasteiger partial charge in [-0.3, -0.25) is 0 Å². The lowest BCUT2D eigenvalue weighted by molar-refractivity contribution is 0.447. The molecule has 0 unspecified atom stereocenters. The monoisotopic (exact) mass is 196 g/mol. The summed E-state index contributed by atoms with van der Waals surface area (Å²) in [5.74, 6) is 0. The van der Waals surface area contributed by atoms with Crippen molar-refractivity contribution in [3.8, 4) is 0 Å². The maximum Gasteiger partial charge on any atom is 0.280 e. The maximum absolute atomic E-state index is 11.1. The number of rotatable bonds is 2. The van der Waals surface area contributed by atoms with Gasteiger partial charge in [0.05, 0.1) is 5.25 Å². The zero-order valence-electron chi connectivity index (χ0n) is 6.19. The summed E-state index contributed by atoms with van der Waals surface area (Å²) in [5, 5.41) is -0.311. The van der Waals surface area contributed by atoms with Crippen molar-refractivity contribution in [2.45, 2.75) is 37.4 Å². The fraction of sp³-hybridized carbons (Fsp3) is 1.00. The highest BCUT2D eigenvalue weighted by Gasteiger charge is 2.27. The van der Waals surface area contributed by atoms with Gasteiger partial charge in [0.25, 0.3) is 10.1 Å². The highest BCUT2D eigenvalue weighted by molar-refractivity contribution is 7.96. The predicted octanol–water partition coefficient (Wildman–Crippen LogP) is 1.51. The van der Waals surface area contributed by atoms with Crippen molar-refractivity contribution < 1.29 is 12.0 Å². The van der Waals surface area contributed by atoms with Gasteiger partial charge >= 0.3 is 0 Å². The van der Waals surface area contributed by atoms with Crippen LogP contribution in [-0.2, 0) is 13.7 Å². The second kappa shape index (κ2) is 3.78. The molecule has 1 aliphatic rings. The Morgan fingerprint density at radius 3 is 2.18 bits per heavy atom. The predicted molar refractivity (Wildman–Crippen MR) is 45.9 cm³/mol. The van der Waals surface area contributed by atoms with Gasteiger partial charge in [-0.1, -0.05) is 19.3 Å². The van der Waals surface area contributed by atoms with Crippen LogP contribution in [0.1, 0.15) is 32.1 Å². The molecule has 0 heterocycles. The van der Waals surface area contributed by atoms with E-state index in [-0.39, 0.29) is 5.25 Å². The Balaban J connectivity index is 2.58. The van der Waals surface area contributed by atoms with Gasteiger partial charge in [-0.25, -0.2) is 3.63 Å². The minimum Gasteiger partial charge on any atom is -0.201 e. The fourth-order valence-corrected chi connectivity index (χ4v) is 2.81. The third-order valence-corrected chi connectivity index (χ3v) is 4.18. The van der Waals surface area contributed by atoms with Crippen LogP contribution in [0.5, 0.6) is 0 Å². The van der Waals surface area contributed by atoms with E-state index < -0.39 is 10.1 Å². The molecule has 3 nitrogen and oxygen atoms in total. The molecule has 1 aliphatic carbocycles. The van der Waals surface area contributed by atoms with Crippen LogP contribution in [0.2, 0.25) is 0 Å². The second-order valence-corrected chi connectivity index (χ2v) is 5.08. The molecule has 1 fully saturated rings. The van der Waals surface area contributed by atoms with Crippen molar-refractivity contribution in [2.75, 3.05) is 0 Å². The van der Waals surface area contributed by atoms with Gasteiger partial charge in [0.1, 0.15) is 0 Å². The Hall–Kier alpha value is 0.260. The molecule has 66 valence electrons. The molecule has 0 spiro atoms. The normalized spacial score (nSPS) is 21.9. The minimum atomic E-state index is -3.36. The molecule has 0 atom stereocenters. The lowest BCUT2D eigenvalue weighted by atomic mass is 10.0. The summed E-state index contributed by atoms with van der Waals surface area (Å²) in [6.07, 6.45) is 4.56. The maximum atomic E-state index is 11.1. The topological polar surface area (TPSA) is 43.4 Å². The third kappa shape index (κ3) is 2.35. The Kier molecular flexibility index (Phi) is 3.21. The van der Waals surface area contributed by atoms with Crippen LogP contribution >= 0.6 is 12.9 Å². The molecular weight excluding hydrogens is 184 g/mol. The Morgan fingerprint density at radius 2 is 1.73 bits per heavy atom. The molecule has 5 heteroatoms. The third-order valence-electron chi connectivity index (χ3n) is 2.06. The average Bonchev–Trinajstić information content (AvgIpc) is 2.06. The zero-order chi connectivity index (χ0) is 8.32. The lowest BCUT2D eigenvalue weighted by Crippen LogP contribution is -2.23. The van der Waals surface area contributed by atoms with Gasteiger partial charge in [-0.2, -0.15) is 8.42 Å². The molecule has 1 rings (SSSR count). The van der Waals surface area contributed by atoms with Crippen LogP contribution < -0.4 is 0 Å². The van der Waals surface area contributed by atoms with E-state index in [1.54, 1.807) is 0 Å². The molecule has 0 bridgehead atoms. The molecule has 0 N–H and O–H groups in total. The lowest BCUT2D eigenvalue weighted by Gasteiger charge is -2.19. The smallest absolute Gasteiger partial charge is 0.201 e. The van der Waals surface area contributed by atoms with Gasteiger partial charge in [0.2, 0.25) is 0 Å². The molecule has 0 aliphatic heterocycles. The summed E-state index contributed by atoms with van der Waals surface area (Å²) in [5.41, 5.74) is 0. The van der Waals surface area contributed by atoms with E-state index in [1.807, 2.05) is 0 Å². The second-order valence-electron chi connectivity index (χ2n) is 2.83. The van der Waals surface area contributed by atoms with Crippen molar-refractivity contribution in [2.24, 2.45) is 0 Å². The highest BCUT2D eigenvalue weighted by Crippen LogP contribution is 2.24. The van der Waals surface area contributed by atoms with Gasteiger partial charge in [-0.15, -0.1) is 0 Å². The summed E-state index contributed by atoms with van der Waals surface area (Å²) in [4.78, 5) is 0. The SMILES string of the molecule is O=S(=O)(OS)C1CCCCC1. The van der Waals surface area contributed by atoms with Crippen molar-refractivity contribution >= 4 is 23.0 Å². The fourth-order valence-electron chi connectivity index (χ4n) is 1.41. The molecular formula is C6H12O3S2. The number of thiol groups is 1. The standard InChI is InChI=1S/C6H12O3S2/c7-11(8,9-10)6-4-2-1-3-5-6/h6,10H,1-5H2. The van der Waals surface area contributed by atoms with E-state index in [1.165, 1.54) is 0 Å². The first-order chi connectivity index (χ1) is 5.17. The molecule has 0 aromatic carbocycles. The van der Waals surface area contributed by atoms with Gasteiger partial charge in [-0.05, 0) is 25.8 Å². The Morgan fingerprint density at radius 1 is 1.18 bits per heavy atom. The van der Waals surface area contributed by atoms with E-state index in [4.69, 9.17) is 0 Å². The molecule has 0 radical (unpaired) electrons. The van der Waals surface area contributed by atoms with Crippen LogP contribution in [0, 0.1) is 0 Å². The highest BCUT2D eigenvalue weighted by atomic mass is 32.3. The molecule has 0 aromatic rings. The minimum absolute atomic E-state index is 0.311. The summed E-state index contributed by atoms with van der Waals surface area (Å²) in [7, 11) is -3.36. The summed E-state index contributed by atoms with van der Waals surface area (Å²) in [6.45, 7) is 0. The first-order valence-electron chi connectivity index (χ1n) is 3.73. The first-order valence-corrected chi connectivity index (χ1v) is 5.57. The molecule has 0 aromatic heterocycles. The van der Waals surface area contributed by atoms with E-state index in [0.717, 1.165) is 32.1 Å². The number of hydrogen-bond donors (Lipinski definition) is 1. The Bertz CT molecular complexity index is 204. The van der Waals surface area contributed by atoms with Crippen molar-refractivity contribution in [3.63, 3.8) is 0 Å². The van der Waals surface area contributed by atoms with Crippen molar-refractivity contribution in [1.82, 2.24) is 0 Å². The van der Waals surface area contributed by atoms with Crippen LogP contribution in [-0.4, -0.2) is 13.7 Å². The quantitative estimate of drug-likeness (QED) is 0.538. The van der Waals surface area contributed by atoms with Crippen molar-refractivity contribution in [1.29, 1.82) is 0 Å². The number of hydrogen-bond acceptors (Lipinski definition) is 4. The van der Waals surface area contributed by atoms with E-state index in [2.05, 4.69) is 16.5 Å². The van der Waals surface area contributed by atoms with Crippen LogP contribution in [0.25, 0.3) is 0 Å². The Labute approximate surface area is 72.9 Å². The molecule has 11 heavy (non-hydrogen) atoms. The zero-order valence-corrected chi connectivity index (χ0v) is 7.90. The van der Waals surface area contributed by atoms with Gasteiger partial charge in [0.15, 0.2) is 0 Å². The van der Waals surface area contributed by atoms with Crippen LogP contribution in [0.15, 0.2) is 0 Å². The van der Waals surface area contributed by atoms with E-state index >= 15 is 0 Å². The average molecular weight is 196 g/mol. The summed E-state index contributed by atoms with van der Waals surface area (Å²) < 4.78 is 26.3. The van der Waals surface area contributed by atoms with E-state index in [0.29, 0.717) is 0 Å². The summed E-state index contributed by atoms with van der Waals surface area (Å²) >= 11 is 3.32. The van der Waals surface area contributed by atoms with Gasteiger partial charge < -0.3 is 0 Å². The van der Waals surface area contributed by atoms with Gasteiger partial charge in [0, 0.05) is 0 Å². The van der Waals surface area contributed by atoms with Crippen molar-refractivity contribution in [3.05, 3.63) is 0 Å².